The Balaban J connectivity index is 1.84. The Kier molecular flexibility index (Phi) is 4.31. The van der Waals surface area contributed by atoms with Crippen molar-refractivity contribution in [1.82, 2.24) is 5.32 Å². The van der Waals surface area contributed by atoms with Gasteiger partial charge in [0.25, 0.3) is 0 Å². The third-order valence-electron chi connectivity index (χ3n) is 3.27. The van der Waals surface area contributed by atoms with Gasteiger partial charge in [0.15, 0.2) is 5.11 Å². The highest BCUT2D eigenvalue weighted by Crippen LogP contribution is 2.24. The second-order valence-corrected chi connectivity index (χ2v) is 5.20. The second-order valence-electron chi connectivity index (χ2n) is 4.79. The smallest absolute Gasteiger partial charge is 0.229 e. The minimum absolute atomic E-state index is 0.0529. The first-order valence-corrected chi connectivity index (χ1v) is 6.74. The Morgan fingerprint density at radius 1 is 1.22 bits per heavy atom. The van der Waals surface area contributed by atoms with Gasteiger partial charge in [-0.15, -0.1) is 0 Å². The lowest BCUT2D eigenvalue weighted by Gasteiger charge is -2.12. The Morgan fingerprint density at radius 2 is 1.83 bits per heavy atom. The molecule has 1 aromatic carbocycles. The number of nitrogens with one attached hydrogen (secondary N) is 2. The zero-order chi connectivity index (χ0) is 13.0. The van der Waals surface area contributed by atoms with Gasteiger partial charge in [0.05, 0.1) is 0 Å². The van der Waals surface area contributed by atoms with Crippen LogP contribution in [0.5, 0.6) is 0 Å². The molecule has 1 aliphatic carbocycles. The number of anilines is 1. The number of hydrogen-bond acceptors (Lipinski definition) is 2. The van der Waals surface area contributed by atoms with E-state index < -0.39 is 0 Å². The van der Waals surface area contributed by atoms with Crippen LogP contribution in [-0.2, 0) is 4.79 Å². The summed E-state index contributed by atoms with van der Waals surface area (Å²) in [4.78, 5) is 11.9. The van der Waals surface area contributed by atoms with Gasteiger partial charge in [-0.25, -0.2) is 0 Å². The average molecular weight is 262 g/mol. The van der Waals surface area contributed by atoms with E-state index in [4.69, 9.17) is 12.2 Å². The van der Waals surface area contributed by atoms with Crippen molar-refractivity contribution >= 4 is 28.9 Å². The zero-order valence-electron chi connectivity index (χ0n) is 10.5. The van der Waals surface area contributed by atoms with Crippen molar-refractivity contribution in [3.8, 4) is 0 Å². The molecule has 0 heterocycles. The van der Waals surface area contributed by atoms with Gasteiger partial charge in [0.1, 0.15) is 0 Å². The topological polar surface area (TPSA) is 41.1 Å². The molecule has 0 radical (unpaired) electrons. The lowest BCUT2D eigenvalue weighted by atomic mass is 10.1. The van der Waals surface area contributed by atoms with Crippen LogP contribution < -0.4 is 10.6 Å². The number of carbonyl (C=O) groups is 1. The number of thiocarbonyl (C=S) groups is 1. The van der Waals surface area contributed by atoms with E-state index in [1.165, 1.54) is 5.56 Å². The molecule has 1 amide bonds. The molecular weight excluding hydrogens is 244 g/mol. The molecule has 1 aromatic rings. The zero-order valence-corrected chi connectivity index (χ0v) is 11.3. The minimum atomic E-state index is 0.0529. The molecule has 2 rings (SSSR count). The molecule has 1 aliphatic rings. The summed E-state index contributed by atoms with van der Waals surface area (Å²) in [5.74, 6) is 0.194. The molecule has 0 aromatic heterocycles. The minimum Gasteiger partial charge on any atom is -0.332 e. The van der Waals surface area contributed by atoms with Crippen molar-refractivity contribution < 1.29 is 4.79 Å². The summed E-state index contributed by atoms with van der Waals surface area (Å²) in [6.45, 7) is 2.03. The molecule has 2 N–H and O–H groups in total. The van der Waals surface area contributed by atoms with Crippen LogP contribution in [0.25, 0.3) is 0 Å². The molecule has 18 heavy (non-hydrogen) atoms. The molecule has 0 unspecified atom stereocenters. The molecule has 3 nitrogen and oxygen atoms in total. The highest BCUT2D eigenvalue weighted by molar-refractivity contribution is 7.80. The first-order chi connectivity index (χ1) is 8.65. The van der Waals surface area contributed by atoms with Crippen LogP contribution in [-0.4, -0.2) is 11.0 Å². The van der Waals surface area contributed by atoms with Gasteiger partial charge in [0.2, 0.25) is 5.91 Å². The van der Waals surface area contributed by atoms with Crippen molar-refractivity contribution in [2.45, 2.75) is 32.6 Å². The molecule has 0 spiro atoms. The van der Waals surface area contributed by atoms with E-state index in [-0.39, 0.29) is 11.8 Å². The summed E-state index contributed by atoms with van der Waals surface area (Å²) in [5.41, 5.74) is 2.10. The van der Waals surface area contributed by atoms with Crippen LogP contribution in [0.2, 0.25) is 0 Å². The molecule has 0 saturated heterocycles. The van der Waals surface area contributed by atoms with Gasteiger partial charge in [-0.1, -0.05) is 30.5 Å². The SMILES string of the molecule is Cc1ccc(NC(=S)NC(=O)C2CCCC2)cc1. The summed E-state index contributed by atoms with van der Waals surface area (Å²) < 4.78 is 0. The van der Waals surface area contributed by atoms with Gasteiger partial charge in [0, 0.05) is 11.6 Å². The third-order valence-corrected chi connectivity index (χ3v) is 3.48. The highest BCUT2D eigenvalue weighted by Gasteiger charge is 2.23. The van der Waals surface area contributed by atoms with Gasteiger partial charge in [-0.3, -0.25) is 4.79 Å². The van der Waals surface area contributed by atoms with E-state index >= 15 is 0 Å². The fourth-order valence-electron chi connectivity index (χ4n) is 2.20. The van der Waals surface area contributed by atoms with Gasteiger partial charge >= 0.3 is 0 Å². The van der Waals surface area contributed by atoms with Crippen LogP contribution in [0.4, 0.5) is 5.69 Å². The third kappa shape index (κ3) is 3.53. The van der Waals surface area contributed by atoms with Crippen LogP contribution in [0.1, 0.15) is 31.2 Å². The number of rotatable bonds is 2. The first-order valence-electron chi connectivity index (χ1n) is 6.33. The molecule has 1 fully saturated rings. The monoisotopic (exact) mass is 262 g/mol. The number of aryl methyl sites for hydroxylation is 1. The predicted molar refractivity (Wildman–Crippen MR) is 77.5 cm³/mol. The summed E-state index contributed by atoms with van der Waals surface area (Å²) in [7, 11) is 0. The fourth-order valence-corrected chi connectivity index (χ4v) is 2.42. The summed E-state index contributed by atoms with van der Waals surface area (Å²) >= 11 is 5.14. The summed E-state index contributed by atoms with van der Waals surface area (Å²) in [6, 6.07) is 7.90. The lowest BCUT2D eigenvalue weighted by molar-refractivity contribution is -0.123. The molecule has 0 aliphatic heterocycles. The van der Waals surface area contributed by atoms with Crippen molar-refractivity contribution in [2.75, 3.05) is 5.32 Å². The molecule has 0 atom stereocenters. The van der Waals surface area contributed by atoms with Crippen molar-refractivity contribution in [1.29, 1.82) is 0 Å². The first kappa shape index (κ1) is 13.0. The van der Waals surface area contributed by atoms with Crippen LogP contribution in [0.3, 0.4) is 0 Å². The molecule has 4 heteroatoms. The van der Waals surface area contributed by atoms with Crippen LogP contribution in [0.15, 0.2) is 24.3 Å². The quantitative estimate of drug-likeness (QED) is 0.805. The van der Waals surface area contributed by atoms with Crippen molar-refractivity contribution in [3.05, 3.63) is 29.8 Å². The number of benzene rings is 1. The van der Waals surface area contributed by atoms with Gasteiger partial charge in [-0.2, -0.15) is 0 Å². The standard InChI is InChI=1S/C14H18N2OS/c1-10-6-8-12(9-7-10)15-14(18)16-13(17)11-4-2-3-5-11/h6-9,11H,2-5H2,1H3,(H2,15,16,17,18). The van der Waals surface area contributed by atoms with Gasteiger partial charge in [-0.05, 0) is 44.1 Å². The van der Waals surface area contributed by atoms with E-state index in [1.807, 2.05) is 31.2 Å². The Bertz CT molecular complexity index is 436. The summed E-state index contributed by atoms with van der Waals surface area (Å²) in [5, 5.41) is 6.17. The van der Waals surface area contributed by atoms with Crippen molar-refractivity contribution in [3.63, 3.8) is 0 Å². The van der Waals surface area contributed by atoms with E-state index in [0.717, 1.165) is 31.4 Å². The highest BCUT2D eigenvalue weighted by atomic mass is 32.1. The molecule has 96 valence electrons. The van der Waals surface area contributed by atoms with Crippen LogP contribution >= 0.6 is 12.2 Å². The van der Waals surface area contributed by atoms with E-state index in [9.17, 15) is 4.79 Å². The number of amides is 1. The molecule has 1 saturated carbocycles. The maximum Gasteiger partial charge on any atom is 0.229 e. The van der Waals surface area contributed by atoms with Gasteiger partial charge < -0.3 is 10.6 Å². The molecule has 0 bridgehead atoms. The number of hydrogen-bond donors (Lipinski definition) is 2. The predicted octanol–water partition coefficient (Wildman–Crippen LogP) is 3.00. The largest absolute Gasteiger partial charge is 0.332 e. The Morgan fingerprint density at radius 3 is 2.44 bits per heavy atom. The maximum atomic E-state index is 11.9. The van der Waals surface area contributed by atoms with E-state index in [1.54, 1.807) is 0 Å². The van der Waals surface area contributed by atoms with E-state index in [2.05, 4.69) is 10.6 Å². The lowest BCUT2D eigenvalue weighted by Crippen LogP contribution is -2.37. The number of carbonyl (C=O) groups excluding carboxylic acids is 1. The Hall–Kier alpha value is -1.42. The molecular formula is C14H18N2OS. The van der Waals surface area contributed by atoms with E-state index in [0.29, 0.717) is 5.11 Å². The Labute approximate surface area is 113 Å². The normalized spacial score (nSPS) is 15.4. The fraction of sp³-hybridized carbons (Fsp3) is 0.429. The van der Waals surface area contributed by atoms with Crippen LogP contribution in [0, 0.1) is 12.8 Å². The van der Waals surface area contributed by atoms with Crippen molar-refractivity contribution in [2.24, 2.45) is 5.92 Å². The average Bonchev–Trinajstić information content (AvgIpc) is 2.85. The second kappa shape index (κ2) is 5.96. The summed E-state index contributed by atoms with van der Waals surface area (Å²) in [6.07, 6.45) is 4.27. The maximum absolute atomic E-state index is 11.9.